The zero-order chi connectivity index (χ0) is 11.5. The fourth-order valence-corrected chi connectivity index (χ4v) is 1.87. The largest absolute Gasteiger partial charge is 0.338 e. The summed E-state index contributed by atoms with van der Waals surface area (Å²) in [7, 11) is 0. The summed E-state index contributed by atoms with van der Waals surface area (Å²) in [6, 6.07) is 6.05. The molecule has 16 heavy (non-hydrogen) atoms. The molecule has 5 heteroatoms. The van der Waals surface area contributed by atoms with Crippen LogP contribution >= 0.6 is 15.9 Å². The van der Waals surface area contributed by atoms with Crippen LogP contribution in [0.15, 0.2) is 27.2 Å². The normalized spacial score (nSPS) is 10.7. The molecule has 0 atom stereocenters. The first-order chi connectivity index (χ1) is 7.74. The van der Waals surface area contributed by atoms with Gasteiger partial charge >= 0.3 is 0 Å². The van der Waals surface area contributed by atoms with Crippen molar-refractivity contribution in [3.8, 4) is 11.4 Å². The van der Waals surface area contributed by atoms with Crippen molar-refractivity contribution in [1.29, 1.82) is 0 Å². The number of nitrogens with zero attached hydrogens (tertiary/aromatic N) is 2. The van der Waals surface area contributed by atoms with Crippen LogP contribution in [0, 0.1) is 0 Å². The molecule has 0 aliphatic rings. The first kappa shape index (κ1) is 11.3. The Balaban J connectivity index is 2.49. The van der Waals surface area contributed by atoms with E-state index < -0.39 is 0 Å². The van der Waals surface area contributed by atoms with Crippen molar-refractivity contribution in [3.05, 3.63) is 34.1 Å². The minimum absolute atomic E-state index is 0.266. The van der Waals surface area contributed by atoms with Crippen molar-refractivity contribution < 1.29 is 4.52 Å². The van der Waals surface area contributed by atoms with E-state index in [4.69, 9.17) is 10.3 Å². The molecular weight excluding hydrogens is 270 g/mol. The molecule has 2 aromatic rings. The van der Waals surface area contributed by atoms with Gasteiger partial charge in [-0.2, -0.15) is 4.98 Å². The number of aryl methyl sites for hydroxylation is 1. The summed E-state index contributed by atoms with van der Waals surface area (Å²) in [4.78, 5) is 4.23. The molecule has 84 valence electrons. The third-order valence-electron chi connectivity index (χ3n) is 2.34. The van der Waals surface area contributed by atoms with Crippen LogP contribution in [0.2, 0.25) is 0 Å². The Kier molecular flexibility index (Phi) is 3.36. The molecule has 0 amide bonds. The fourth-order valence-electron chi connectivity index (χ4n) is 1.51. The molecule has 1 heterocycles. The first-order valence-electron chi connectivity index (χ1n) is 5.06. The lowest BCUT2D eigenvalue weighted by atomic mass is 10.1. The molecule has 2 N–H and O–H groups in total. The van der Waals surface area contributed by atoms with Crippen LogP contribution in [0.1, 0.15) is 18.4 Å². The molecule has 0 saturated carbocycles. The van der Waals surface area contributed by atoms with Crippen molar-refractivity contribution in [2.24, 2.45) is 5.73 Å². The second-order valence-electron chi connectivity index (χ2n) is 3.37. The van der Waals surface area contributed by atoms with Crippen molar-refractivity contribution in [1.82, 2.24) is 10.1 Å². The van der Waals surface area contributed by atoms with Crippen LogP contribution in [-0.4, -0.2) is 10.1 Å². The molecule has 2 rings (SSSR count). The molecule has 0 unspecified atom stereocenters. The lowest BCUT2D eigenvalue weighted by Crippen LogP contribution is -1.96. The Morgan fingerprint density at radius 1 is 1.44 bits per heavy atom. The maximum absolute atomic E-state index is 5.44. The number of halogens is 1. The number of nitrogens with two attached hydrogens (primary N) is 1. The predicted molar refractivity (Wildman–Crippen MR) is 64.7 cm³/mol. The summed E-state index contributed by atoms with van der Waals surface area (Å²) in [5.41, 5.74) is 7.61. The topological polar surface area (TPSA) is 64.9 Å². The van der Waals surface area contributed by atoms with Crippen LogP contribution < -0.4 is 5.73 Å². The van der Waals surface area contributed by atoms with E-state index >= 15 is 0 Å². The zero-order valence-electron chi connectivity index (χ0n) is 8.90. The van der Waals surface area contributed by atoms with E-state index in [0.717, 1.165) is 16.5 Å². The summed E-state index contributed by atoms with van der Waals surface area (Å²) in [6.07, 6.45) is 0.926. The van der Waals surface area contributed by atoms with Crippen molar-refractivity contribution in [2.75, 3.05) is 0 Å². The van der Waals surface area contributed by atoms with Crippen LogP contribution in [0.3, 0.4) is 0 Å². The zero-order valence-corrected chi connectivity index (χ0v) is 10.5. The Morgan fingerprint density at radius 3 is 2.88 bits per heavy atom. The summed E-state index contributed by atoms with van der Waals surface area (Å²) in [5.74, 6) is 1.05. The van der Waals surface area contributed by atoms with Crippen LogP contribution in [0.25, 0.3) is 11.4 Å². The predicted octanol–water partition coefficient (Wildman–Crippen LogP) is 2.52. The van der Waals surface area contributed by atoms with Crippen LogP contribution in [0.4, 0.5) is 0 Å². The number of rotatable bonds is 3. The minimum atomic E-state index is 0.266. The van der Waals surface area contributed by atoms with Gasteiger partial charge in [0.25, 0.3) is 0 Å². The number of benzene rings is 1. The highest BCUT2D eigenvalue weighted by Gasteiger charge is 2.11. The van der Waals surface area contributed by atoms with Gasteiger partial charge in [-0.25, -0.2) is 0 Å². The van der Waals surface area contributed by atoms with E-state index in [0.29, 0.717) is 11.7 Å². The number of aromatic nitrogens is 2. The van der Waals surface area contributed by atoms with E-state index in [2.05, 4.69) is 39.1 Å². The van der Waals surface area contributed by atoms with E-state index in [-0.39, 0.29) is 6.54 Å². The Labute approximate surface area is 102 Å². The Bertz CT molecular complexity index is 496. The van der Waals surface area contributed by atoms with Gasteiger partial charge < -0.3 is 10.3 Å². The van der Waals surface area contributed by atoms with Gasteiger partial charge in [0.05, 0.1) is 6.54 Å². The smallest absolute Gasteiger partial charge is 0.240 e. The second kappa shape index (κ2) is 4.76. The summed E-state index contributed by atoms with van der Waals surface area (Å²) < 4.78 is 6.01. The Hall–Kier alpha value is -1.20. The highest BCUT2D eigenvalue weighted by Crippen LogP contribution is 2.25. The summed E-state index contributed by atoms with van der Waals surface area (Å²) in [5, 5.41) is 3.92. The van der Waals surface area contributed by atoms with Gasteiger partial charge in [-0.05, 0) is 24.1 Å². The van der Waals surface area contributed by atoms with Crippen molar-refractivity contribution in [2.45, 2.75) is 19.9 Å². The average Bonchev–Trinajstić information content (AvgIpc) is 2.77. The third kappa shape index (κ3) is 2.15. The van der Waals surface area contributed by atoms with Gasteiger partial charge in [0, 0.05) is 10.0 Å². The molecule has 0 bridgehead atoms. The van der Waals surface area contributed by atoms with E-state index in [1.165, 1.54) is 5.56 Å². The van der Waals surface area contributed by atoms with E-state index in [1.54, 1.807) is 0 Å². The standard InChI is InChI=1S/C11H12BrN3O/c1-2-7-3-4-8(12)5-9(7)11-14-10(6-13)16-15-11/h3-5H,2,6,13H2,1H3. The SMILES string of the molecule is CCc1ccc(Br)cc1-c1noc(CN)n1. The van der Waals surface area contributed by atoms with Gasteiger partial charge in [-0.1, -0.05) is 34.1 Å². The van der Waals surface area contributed by atoms with E-state index in [1.807, 2.05) is 12.1 Å². The maximum atomic E-state index is 5.44. The first-order valence-corrected chi connectivity index (χ1v) is 5.85. The molecule has 1 aromatic heterocycles. The van der Waals surface area contributed by atoms with E-state index in [9.17, 15) is 0 Å². The van der Waals surface area contributed by atoms with Gasteiger partial charge in [-0.3, -0.25) is 0 Å². The molecule has 1 aromatic carbocycles. The highest BCUT2D eigenvalue weighted by atomic mass is 79.9. The maximum Gasteiger partial charge on any atom is 0.240 e. The molecule has 0 aliphatic heterocycles. The average molecular weight is 282 g/mol. The molecule has 0 spiro atoms. The molecule has 0 fully saturated rings. The van der Waals surface area contributed by atoms with Crippen molar-refractivity contribution in [3.63, 3.8) is 0 Å². The van der Waals surface area contributed by atoms with Crippen LogP contribution in [-0.2, 0) is 13.0 Å². The number of hydrogen-bond donors (Lipinski definition) is 1. The van der Waals surface area contributed by atoms with Crippen molar-refractivity contribution >= 4 is 15.9 Å². The summed E-state index contributed by atoms with van der Waals surface area (Å²) in [6.45, 7) is 2.36. The summed E-state index contributed by atoms with van der Waals surface area (Å²) >= 11 is 3.44. The molecule has 0 saturated heterocycles. The lowest BCUT2D eigenvalue weighted by molar-refractivity contribution is 0.380. The fraction of sp³-hybridized carbons (Fsp3) is 0.273. The lowest BCUT2D eigenvalue weighted by Gasteiger charge is -2.03. The second-order valence-corrected chi connectivity index (χ2v) is 4.29. The molecular formula is C11H12BrN3O. The molecule has 4 nitrogen and oxygen atoms in total. The minimum Gasteiger partial charge on any atom is -0.338 e. The van der Waals surface area contributed by atoms with Crippen LogP contribution in [0.5, 0.6) is 0 Å². The quantitative estimate of drug-likeness (QED) is 0.939. The Morgan fingerprint density at radius 2 is 2.25 bits per heavy atom. The van der Waals surface area contributed by atoms with Gasteiger partial charge in [-0.15, -0.1) is 0 Å². The van der Waals surface area contributed by atoms with Gasteiger partial charge in [0.2, 0.25) is 11.7 Å². The van der Waals surface area contributed by atoms with Gasteiger partial charge in [0.15, 0.2) is 0 Å². The monoisotopic (exact) mass is 281 g/mol. The van der Waals surface area contributed by atoms with Gasteiger partial charge in [0.1, 0.15) is 0 Å². The molecule has 0 aliphatic carbocycles. The molecule has 0 radical (unpaired) electrons. The third-order valence-corrected chi connectivity index (χ3v) is 2.83. The number of hydrogen-bond acceptors (Lipinski definition) is 4. The highest BCUT2D eigenvalue weighted by molar-refractivity contribution is 9.10.